The molecule has 0 heterocycles. The number of carbonyl (C=O) groups excluding carboxylic acids is 1. The fraction of sp³-hybridized carbons (Fsp3) is 0.316. The molecule has 0 radical (unpaired) electrons. The predicted molar refractivity (Wildman–Crippen MR) is 92.0 cm³/mol. The molecule has 1 unspecified atom stereocenters. The maximum absolute atomic E-state index is 12.1. The molecule has 22 heavy (non-hydrogen) atoms. The van der Waals surface area contributed by atoms with Gasteiger partial charge in [0.25, 0.3) is 0 Å². The summed E-state index contributed by atoms with van der Waals surface area (Å²) in [5.74, 6) is -0.180. The molecule has 0 amide bonds. The van der Waals surface area contributed by atoms with Crippen molar-refractivity contribution < 1.29 is 9.53 Å². The number of rotatable bonds is 7. The normalized spacial score (nSPS) is 11.9. The molecule has 0 aromatic heterocycles. The minimum atomic E-state index is -0.180. The van der Waals surface area contributed by atoms with E-state index in [-0.39, 0.29) is 5.97 Å². The van der Waals surface area contributed by atoms with Crippen molar-refractivity contribution >= 4 is 17.7 Å². The van der Waals surface area contributed by atoms with Gasteiger partial charge in [0.05, 0.1) is 6.42 Å². The first-order valence-electron chi connectivity index (χ1n) is 7.63. The first kappa shape index (κ1) is 16.6. The summed E-state index contributed by atoms with van der Waals surface area (Å²) in [6, 6.07) is 17.8. The van der Waals surface area contributed by atoms with Gasteiger partial charge in [-0.05, 0) is 23.6 Å². The number of thioether (sulfide) groups is 1. The molecule has 0 saturated carbocycles. The molecule has 116 valence electrons. The Labute approximate surface area is 136 Å². The molecule has 2 aromatic carbocycles. The summed E-state index contributed by atoms with van der Waals surface area (Å²) in [7, 11) is 0. The number of benzene rings is 2. The molecule has 2 aromatic rings. The van der Waals surface area contributed by atoms with E-state index in [9.17, 15) is 4.79 Å². The van der Waals surface area contributed by atoms with Crippen molar-refractivity contribution in [3.05, 3.63) is 65.7 Å². The van der Waals surface area contributed by atoms with E-state index in [0.29, 0.717) is 18.3 Å². The van der Waals surface area contributed by atoms with Gasteiger partial charge < -0.3 is 4.74 Å². The van der Waals surface area contributed by atoms with Gasteiger partial charge in [-0.25, -0.2) is 0 Å². The number of esters is 1. The van der Waals surface area contributed by atoms with E-state index in [1.807, 2.05) is 60.3 Å². The van der Waals surface area contributed by atoms with Crippen LogP contribution < -0.4 is 0 Å². The standard InChI is InChI=1S/C19H22O2S/c1-3-15(2)22-18-12-8-7-11-17(18)13-19(20)21-14-16-9-5-4-6-10-16/h4-12,15H,3,13-14H2,1-2H3. The lowest BCUT2D eigenvalue weighted by molar-refractivity contribution is -0.144. The van der Waals surface area contributed by atoms with Crippen LogP contribution >= 0.6 is 11.8 Å². The Bertz CT molecular complexity index is 595. The SMILES string of the molecule is CCC(C)Sc1ccccc1CC(=O)OCc1ccccc1. The van der Waals surface area contributed by atoms with E-state index in [4.69, 9.17) is 4.74 Å². The van der Waals surface area contributed by atoms with Gasteiger partial charge in [-0.3, -0.25) is 4.79 Å². The molecule has 0 aliphatic carbocycles. The number of carbonyl (C=O) groups is 1. The van der Waals surface area contributed by atoms with Gasteiger partial charge in [0.15, 0.2) is 0 Å². The molecule has 3 heteroatoms. The first-order valence-corrected chi connectivity index (χ1v) is 8.51. The van der Waals surface area contributed by atoms with E-state index in [2.05, 4.69) is 19.9 Å². The summed E-state index contributed by atoms with van der Waals surface area (Å²) in [5.41, 5.74) is 2.06. The summed E-state index contributed by atoms with van der Waals surface area (Å²) in [6.45, 7) is 4.71. The van der Waals surface area contributed by atoms with Crippen LogP contribution in [0.5, 0.6) is 0 Å². The molecular formula is C19H22O2S. The van der Waals surface area contributed by atoms with Gasteiger partial charge in [-0.2, -0.15) is 0 Å². The second-order valence-corrected chi connectivity index (χ2v) is 6.75. The zero-order chi connectivity index (χ0) is 15.8. The van der Waals surface area contributed by atoms with Crippen molar-refractivity contribution in [2.45, 2.75) is 43.4 Å². The van der Waals surface area contributed by atoms with Crippen LogP contribution in [0.3, 0.4) is 0 Å². The maximum atomic E-state index is 12.1. The summed E-state index contributed by atoms with van der Waals surface area (Å²) in [5, 5.41) is 0.543. The Morgan fingerprint density at radius 2 is 1.77 bits per heavy atom. The largest absolute Gasteiger partial charge is 0.461 e. The molecule has 2 nitrogen and oxygen atoms in total. The number of hydrogen-bond donors (Lipinski definition) is 0. The summed E-state index contributed by atoms with van der Waals surface area (Å²) in [4.78, 5) is 13.2. The van der Waals surface area contributed by atoms with E-state index >= 15 is 0 Å². The van der Waals surface area contributed by atoms with Gasteiger partial charge in [0.2, 0.25) is 0 Å². The zero-order valence-electron chi connectivity index (χ0n) is 13.1. The molecule has 0 N–H and O–H groups in total. The zero-order valence-corrected chi connectivity index (χ0v) is 13.9. The minimum absolute atomic E-state index is 0.180. The van der Waals surface area contributed by atoms with Crippen molar-refractivity contribution in [1.82, 2.24) is 0 Å². The lowest BCUT2D eigenvalue weighted by atomic mass is 10.1. The number of hydrogen-bond acceptors (Lipinski definition) is 3. The second-order valence-electron chi connectivity index (χ2n) is 5.27. The fourth-order valence-electron chi connectivity index (χ4n) is 2.01. The predicted octanol–water partition coefficient (Wildman–Crippen LogP) is 4.86. The van der Waals surface area contributed by atoms with Crippen molar-refractivity contribution in [1.29, 1.82) is 0 Å². The van der Waals surface area contributed by atoms with E-state index in [0.717, 1.165) is 17.5 Å². The van der Waals surface area contributed by atoms with Gasteiger partial charge >= 0.3 is 5.97 Å². The average molecular weight is 314 g/mol. The highest BCUT2D eigenvalue weighted by molar-refractivity contribution is 8.00. The van der Waals surface area contributed by atoms with Crippen molar-refractivity contribution in [2.75, 3.05) is 0 Å². The Kier molecular flexibility index (Phi) is 6.53. The molecule has 2 rings (SSSR count). The van der Waals surface area contributed by atoms with Crippen LogP contribution in [0.15, 0.2) is 59.5 Å². The molecule has 0 bridgehead atoms. The highest BCUT2D eigenvalue weighted by Crippen LogP contribution is 2.28. The average Bonchev–Trinajstić information content (AvgIpc) is 2.55. The Balaban J connectivity index is 1.93. The molecule has 0 aliphatic heterocycles. The lowest BCUT2D eigenvalue weighted by Gasteiger charge is -2.12. The highest BCUT2D eigenvalue weighted by atomic mass is 32.2. The van der Waals surface area contributed by atoms with Crippen LogP contribution in [0.25, 0.3) is 0 Å². The van der Waals surface area contributed by atoms with Crippen LogP contribution in [0.4, 0.5) is 0 Å². The van der Waals surface area contributed by atoms with Gasteiger partial charge in [0, 0.05) is 10.1 Å². The van der Waals surface area contributed by atoms with Gasteiger partial charge in [0.1, 0.15) is 6.61 Å². The Morgan fingerprint density at radius 1 is 1.09 bits per heavy atom. The molecule has 0 saturated heterocycles. The van der Waals surface area contributed by atoms with Crippen LogP contribution in [0.1, 0.15) is 31.4 Å². The van der Waals surface area contributed by atoms with Crippen LogP contribution in [-0.4, -0.2) is 11.2 Å². The molecule has 0 fully saturated rings. The molecule has 1 atom stereocenters. The monoisotopic (exact) mass is 314 g/mol. The third kappa shape index (κ3) is 5.23. The van der Waals surface area contributed by atoms with Gasteiger partial charge in [-0.15, -0.1) is 11.8 Å². The topological polar surface area (TPSA) is 26.3 Å². The third-order valence-corrected chi connectivity index (χ3v) is 4.84. The third-order valence-electron chi connectivity index (χ3n) is 3.45. The smallest absolute Gasteiger partial charge is 0.310 e. The maximum Gasteiger partial charge on any atom is 0.310 e. The van der Waals surface area contributed by atoms with Gasteiger partial charge in [-0.1, -0.05) is 62.4 Å². The summed E-state index contributed by atoms with van der Waals surface area (Å²) >= 11 is 1.82. The van der Waals surface area contributed by atoms with E-state index in [1.54, 1.807) is 0 Å². The highest BCUT2D eigenvalue weighted by Gasteiger charge is 2.11. The van der Waals surface area contributed by atoms with Crippen LogP contribution in [-0.2, 0) is 22.6 Å². The summed E-state index contributed by atoms with van der Waals surface area (Å²) < 4.78 is 5.37. The van der Waals surface area contributed by atoms with Crippen molar-refractivity contribution in [3.63, 3.8) is 0 Å². The lowest BCUT2D eigenvalue weighted by Crippen LogP contribution is -2.09. The van der Waals surface area contributed by atoms with E-state index < -0.39 is 0 Å². The molecular weight excluding hydrogens is 292 g/mol. The fourth-order valence-corrected chi connectivity index (χ4v) is 3.06. The molecule has 0 aliphatic rings. The first-order chi connectivity index (χ1) is 10.7. The number of ether oxygens (including phenoxy) is 1. The van der Waals surface area contributed by atoms with Crippen LogP contribution in [0.2, 0.25) is 0 Å². The van der Waals surface area contributed by atoms with Crippen molar-refractivity contribution in [2.24, 2.45) is 0 Å². The molecule has 0 spiro atoms. The minimum Gasteiger partial charge on any atom is -0.461 e. The summed E-state index contributed by atoms with van der Waals surface area (Å²) in [6.07, 6.45) is 1.43. The van der Waals surface area contributed by atoms with Crippen molar-refractivity contribution in [3.8, 4) is 0 Å². The Morgan fingerprint density at radius 3 is 2.50 bits per heavy atom. The Hall–Kier alpha value is -1.74. The van der Waals surface area contributed by atoms with Crippen LogP contribution in [0, 0.1) is 0 Å². The van der Waals surface area contributed by atoms with E-state index in [1.165, 1.54) is 4.90 Å². The second kappa shape index (κ2) is 8.64. The quantitative estimate of drug-likeness (QED) is 0.539.